The minimum Gasteiger partial charge on any atom is -0.310 e. The normalized spacial score (nSPS) is 22.5. The summed E-state index contributed by atoms with van der Waals surface area (Å²) in [6.07, 6.45) is 6.01. The van der Waals surface area contributed by atoms with Crippen LogP contribution in [0.3, 0.4) is 0 Å². The third kappa shape index (κ3) is 3.02. The van der Waals surface area contributed by atoms with Crippen LogP contribution in [-0.2, 0) is 4.79 Å². The summed E-state index contributed by atoms with van der Waals surface area (Å²) in [5.74, 6) is 0.662. The predicted octanol–water partition coefficient (Wildman–Crippen LogP) is 3.89. The van der Waals surface area contributed by atoms with Crippen molar-refractivity contribution in [2.75, 3.05) is 5.32 Å². The quantitative estimate of drug-likeness (QED) is 0.882. The lowest BCUT2D eigenvalue weighted by Gasteiger charge is -2.37. The number of amides is 1. The average molecular weight is 267 g/mol. The lowest BCUT2D eigenvalue weighted by molar-refractivity contribution is -0.124. The van der Waals surface area contributed by atoms with Crippen LogP contribution >= 0.6 is 11.6 Å². The standard InChI is InChI=1S/C14H19ClN2O/c1-14(2)7-4-3-5-11(14)13(18)17-12-9-10(15)6-8-16-12/h6,8-9,11H,3-5,7H2,1-2H3,(H,16,17,18). The largest absolute Gasteiger partial charge is 0.310 e. The van der Waals surface area contributed by atoms with Crippen molar-refractivity contribution in [1.82, 2.24) is 4.98 Å². The molecule has 1 unspecified atom stereocenters. The molecular weight excluding hydrogens is 248 g/mol. The Morgan fingerprint density at radius 1 is 1.50 bits per heavy atom. The molecule has 1 N–H and O–H groups in total. The number of nitrogens with zero attached hydrogens (tertiary/aromatic N) is 1. The monoisotopic (exact) mass is 266 g/mol. The summed E-state index contributed by atoms with van der Waals surface area (Å²) in [6, 6.07) is 3.37. The molecule has 0 aromatic carbocycles. The van der Waals surface area contributed by atoms with E-state index in [-0.39, 0.29) is 17.2 Å². The van der Waals surface area contributed by atoms with Crippen LogP contribution in [-0.4, -0.2) is 10.9 Å². The van der Waals surface area contributed by atoms with Gasteiger partial charge < -0.3 is 5.32 Å². The Bertz CT molecular complexity index is 445. The number of hydrogen-bond donors (Lipinski definition) is 1. The summed E-state index contributed by atoms with van der Waals surface area (Å²) >= 11 is 5.88. The lowest BCUT2D eigenvalue weighted by atomic mass is 9.68. The van der Waals surface area contributed by atoms with Gasteiger partial charge in [0.05, 0.1) is 0 Å². The maximum absolute atomic E-state index is 12.3. The van der Waals surface area contributed by atoms with E-state index in [1.807, 2.05) is 0 Å². The van der Waals surface area contributed by atoms with Crippen molar-refractivity contribution in [3.05, 3.63) is 23.4 Å². The molecule has 1 aromatic rings. The second-order valence-electron chi connectivity index (χ2n) is 5.64. The van der Waals surface area contributed by atoms with E-state index in [4.69, 9.17) is 11.6 Å². The molecule has 1 heterocycles. The number of anilines is 1. The Morgan fingerprint density at radius 2 is 2.28 bits per heavy atom. The zero-order chi connectivity index (χ0) is 13.2. The van der Waals surface area contributed by atoms with Gasteiger partial charge in [-0.05, 0) is 30.4 Å². The minimum absolute atomic E-state index is 0.0621. The van der Waals surface area contributed by atoms with Gasteiger partial charge in [-0.25, -0.2) is 4.98 Å². The number of halogens is 1. The van der Waals surface area contributed by atoms with Crippen LogP contribution in [0.15, 0.2) is 18.3 Å². The lowest BCUT2D eigenvalue weighted by Crippen LogP contribution is -2.37. The second kappa shape index (κ2) is 5.27. The van der Waals surface area contributed by atoms with Gasteiger partial charge in [-0.1, -0.05) is 38.3 Å². The topological polar surface area (TPSA) is 42.0 Å². The van der Waals surface area contributed by atoms with Gasteiger partial charge in [0.25, 0.3) is 0 Å². The molecule has 1 amide bonds. The molecule has 1 aromatic heterocycles. The molecule has 3 nitrogen and oxygen atoms in total. The molecule has 0 saturated heterocycles. The molecule has 1 aliphatic carbocycles. The van der Waals surface area contributed by atoms with Gasteiger partial charge in [0.15, 0.2) is 0 Å². The first-order valence-corrected chi connectivity index (χ1v) is 6.79. The summed E-state index contributed by atoms with van der Waals surface area (Å²) in [4.78, 5) is 16.4. The number of nitrogens with one attached hydrogen (secondary N) is 1. The van der Waals surface area contributed by atoms with Gasteiger partial charge >= 0.3 is 0 Å². The molecule has 18 heavy (non-hydrogen) atoms. The second-order valence-corrected chi connectivity index (χ2v) is 6.07. The first-order chi connectivity index (χ1) is 8.49. The molecule has 1 atom stereocenters. The first kappa shape index (κ1) is 13.3. The van der Waals surface area contributed by atoms with Crippen LogP contribution in [0.5, 0.6) is 0 Å². The van der Waals surface area contributed by atoms with E-state index in [0.717, 1.165) is 19.3 Å². The van der Waals surface area contributed by atoms with Gasteiger partial charge in [-0.3, -0.25) is 4.79 Å². The van der Waals surface area contributed by atoms with Gasteiger partial charge in [-0.2, -0.15) is 0 Å². The van der Waals surface area contributed by atoms with E-state index in [1.54, 1.807) is 18.3 Å². The van der Waals surface area contributed by atoms with Crippen LogP contribution in [0.25, 0.3) is 0 Å². The van der Waals surface area contributed by atoms with Crippen molar-refractivity contribution in [1.29, 1.82) is 0 Å². The smallest absolute Gasteiger partial charge is 0.229 e. The molecule has 0 bridgehead atoms. The summed E-state index contributed by atoms with van der Waals surface area (Å²) in [5, 5.41) is 3.46. The van der Waals surface area contributed by atoms with Crippen molar-refractivity contribution in [3.63, 3.8) is 0 Å². The molecule has 1 saturated carbocycles. The van der Waals surface area contributed by atoms with E-state index >= 15 is 0 Å². The molecular formula is C14H19ClN2O. The van der Waals surface area contributed by atoms with Crippen molar-refractivity contribution < 1.29 is 4.79 Å². The van der Waals surface area contributed by atoms with E-state index < -0.39 is 0 Å². The number of pyridine rings is 1. The highest BCUT2D eigenvalue weighted by atomic mass is 35.5. The van der Waals surface area contributed by atoms with E-state index in [1.165, 1.54) is 6.42 Å². The molecule has 1 fully saturated rings. The predicted molar refractivity (Wildman–Crippen MR) is 73.6 cm³/mol. The van der Waals surface area contributed by atoms with Crippen LogP contribution in [0.4, 0.5) is 5.82 Å². The Labute approximate surface area is 113 Å². The molecule has 1 aliphatic rings. The summed E-state index contributed by atoms with van der Waals surface area (Å²) in [5.41, 5.74) is 0.0703. The SMILES string of the molecule is CC1(C)CCCCC1C(=O)Nc1cc(Cl)ccn1. The van der Waals surface area contributed by atoms with Crippen molar-refractivity contribution in [3.8, 4) is 0 Å². The van der Waals surface area contributed by atoms with Gasteiger partial charge in [0.2, 0.25) is 5.91 Å². The Balaban J connectivity index is 2.07. The number of hydrogen-bond acceptors (Lipinski definition) is 2. The van der Waals surface area contributed by atoms with E-state index in [2.05, 4.69) is 24.1 Å². The fourth-order valence-corrected chi connectivity index (χ4v) is 2.83. The Kier molecular flexibility index (Phi) is 3.91. The number of aromatic nitrogens is 1. The van der Waals surface area contributed by atoms with Crippen molar-refractivity contribution >= 4 is 23.3 Å². The number of rotatable bonds is 2. The maximum atomic E-state index is 12.3. The highest BCUT2D eigenvalue weighted by Gasteiger charge is 2.37. The fraction of sp³-hybridized carbons (Fsp3) is 0.571. The molecule has 4 heteroatoms. The first-order valence-electron chi connectivity index (χ1n) is 6.41. The summed E-state index contributed by atoms with van der Waals surface area (Å²) < 4.78 is 0. The zero-order valence-corrected chi connectivity index (χ0v) is 11.6. The summed E-state index contributed by atoms with van der Waals surface area (Å²) in [6.45, 7) is 4.34. The van der Waals surface area contributed by atoms with Gasteiger partial charge in [-0.15, -0.1) is 0 Å². The fourth-order valence-electron chi connectivity index (χ4n) is 2.67. The third-order valence-corrected chi connectivity index (χ3v) is 4.03. The van der Waals surface area contributed by atoms with E-state index in [9.17, 15) is 4.79 Å². The third-order valence-electron chi connectivity index (χ3n) is 3.80. The highest BCUT2D eigenvalue weighted by Crippen LogP contribution is 2.40. The summed E-state index contributed by atoms with van der Waals surface area (Å²) in [7, 11) is 0. The highest BCUT2D eigenvalue weighted by molar-refractivity contribution is 6.30. The molecule has 2 rings (SSSR count). The minimum atomic E-state index is 0.0621. The van der Waals surface area contributed by atoms with Crippen molar-refractivity contribution in [2.24, 2.45) is 11.3 Å². The van der Waals surface area contributed by atoms with Crippen LogP contribution in [0.2, 0.25) is 5.02 Å². The van der Waals surface area contributed by atoms with Crippen LogP contribution < -0.4 is 5.32 Å². The van der Waals surface area contributed by atoms with E-state index in [0.29, 0.717) is 10.8 Å². The number of carbonyl (C=O) groups is 1. The number of carbonyl (C=O) groups excluding carboxylic acids is 1. The molecule has 0 aliphatic heterocycles. The Hall–Kier alpha value is -1.09. The Morgan fingerprint density at radius 3 is 2.94 bits per heavy atom. The molecule has 0 radical (unpaired) electrons. The molecule has 98 valence electrons. The van der Waals surface area contributed by atoms with Crippen LogP contribution in [0.1, 0.15) is 39.5 Å². The average Bonchev–Trinajstić information content (AvgIpc) is 2.28. The zero-order valence-electron chi connectivity index (χ0n) is 10.9. The van der Waals surface area contributed by atoms with Gasteiger partial charge in [0.1, 0.15) is 5.82 Å². The van der Waals surface area contributed by atoms with Crippen LogP contribution in [0, 0.1) is 11.3 Å². The van der Waals surface area contributed by atoms with Crippen molar-refractivity contribution in [2.45, 2.75) is 39.5 Å². The molecule has 0 spiro atoms. The van der Waals surface area contributed by atoms with Gasteiger partial charge in [0, 0.05) is 17.1 Å². The maximum Gasteiger partial charge on any atom is 0.229 e.